The molecule has 1 aromatic heterocycles. The van der Waals surface area contributed by atoms with Crippen molar-refractivity contribution in [1.29, 1.82) is 0 Å². The molecule has 0 aliphatic heterocycles. The lowest BCUT2D eigenvalue weighted by atomic mass is 9.98. The van der Waals surface area contributed by atoms with E-state index in [0.717, 1.165) is 57.8 Å². The van der Waals surface area contributed by atoms with Crippen LogP contribution in [0.2, 0.25) is 0 Å². The average molecular weight is 428 g/mol. The number of fused-ring (bicyclic) bond motifs is 5. The number of rotatable bonds is 5. The lowest BCUT2D eigenvalue weighted by molar-refractivity contribution is -0.114. The van der Waals surface area contributed by atoms with Crippen LogP contribution < -0.4 is 10.2 Å². The number of H-pyrrole nitrogens is 1. The highest BCUT2D eigenvalue weighted by Crippen LogP contribution is 2.44. The minimum absolute atomic E-state index is 0.109. The highest BCUT2D eigenvalue weighted by molar-refractivity contribution is 5.99. The van der Waals surface area contributed by atoms with Gasteiger partial charge in [-0.3, -0.25) is 4.79 Å². The first kappa shape index (κ1) is 20.3. The fourth-order valence-electron chi connectivity index (χ4n) is 4.81. The molecule has 0 radical (unpaired) electrons. The molecular weight excluding hydrogens is 401 g/mol. The third-order valence-corrected chi connectivity index (χ3v) is 6.38. The molecule has 0 atom stereocenters. The van der Waals surface area contributed by atoms with Gasteiger partial charge in [0.2, 0.25) is 5.91 Å². The van der Waals surface area contributed by atoms with Gasteiger partial charge in [-0.2, -0.15) is 0 Å². The summed E-state index contributed by atoms with van der Waals surface area (Å²) in [5.41, 5.74) is 7.89. The van der Waals surface area contributed by atoms with Gasteiger partial charge in [0.25, 0.3) is 0 Å². The number of aromatic amines is 1. The van der Waals surface area contributed by atoms with Gasteiger partial charge < -0.3 is 15.2 Å². The maximum absolute atomic E-state index is 15.8. The summed E-state index contributed by atoms with van der Waals surface area (Å²) in [6.07, 6.45) is 0.673. The molecule has 0 saturated carbocycles. The van der Waals surface area contributed by atoms with Gasteiger partial charge in [-0.25, -0.2) is 4.39 Å². The molecule has 1 heterocycles. The average Bonchev–Trinajstić information content (AvgIpc) is 3.31. The van der Waals surface area contributed by atoms with Gasteiger partial charge in [0.05, 0.1) is 5.69 Å². The Labute approximate surface area is 187 Å². The molecule has 5 rings (SSSR count). The number of nitrogens with zero attached hydrogens (tertiary/aromatic N) is 1. The summed E-state index contributed by atoms with van der Waals surface area (Å²) in [6.45, 7) is 7.64. The van der Waals surface area contributed by atoms with Crippen LogP contribution in [0.1, 0.15) is 31.9 Å². The van der Waals surface area contributed by atoms with Crippen LogP contribution in [0.5, 0.6) is 0 Å². The number of nitrogens with one attached hydrogen (secondary N) is 2. The molecule has 4 nitrogen and oxygen atoms in total. The van der Waals surface area contributed by atoms with E-state index in [-0.39, 0.29) is 11.7 Å². The van der Waals surface area contributed by atoms with Gasteiger partial charge in [-0.1, -0.05) is 24.3 Å². The fourth-order valence-corrected chi connectivity index (χ4v) is 4.81. The quantitative estimate of drug-likeness (QED) is 0.343. The van der Waals surface area contributed by atoms with Gasteiger partial charge in [0.1, 0.15) is 5.82 Å². The minimum Gasteiger partial charge on any atom is -0.372 e. The molecule has 5 heteroatoms. The zero-order valence-electron chi connectivity index (χ0n) is 18.6. The van der Waals surface area contributed by atoms with Crippen LogP contribution in [-0.4, -0.2) is 24.0 Å². The van der Waals surface area contributed by atoms with Gasteiger partial charge in [-0.15, -0.1) is 0 Å². The standard InChI is InChI=1S/C27H26FN3O/c1-4-31(5-2)20-10-6-17(7-11-20)21-12-8-18-14-23-22-15-19(29-16(3)32)9-13-24(22)30-27(23)25(18)26(21)28/h6-13,15,30H,4-5,14H2,1-3H3,(H,29,32). The topological polar surface area (TPSA) is 48.1 Å². The maximum atomic E-state index is 15.8. The number of aromatic nitrogens is 1. The summed E-state index contributed by atoms with van der Waals surface area (Å²) in [7, 11) is 0. The van der Waals surface area contributed by atoms with Crippen molar-refractivity contribution in [3.63, 3.8) is 0 Å². The smallest absolute Gasteiger partial charge is 0.221 e. The molecule has 0 spiro atoms. The zero-order valence-corrected chi connectivity index (χ0v) is 18.6. The molecule has 32 heavy (non-hydrogen) atoms. The Morgan fingerprint density at radius 2 is 1.81 bits per heavy atom. The first-order valence-electron chi connectivity index (χ1n) is 11.1. The first-order chi connectivity index (χ1) is 15.5. The maximum Gasteiger partial charge on any atom is 0.221 e. The highest BCUT2D eigenvalue weighted by Gasteiger charge is 2.28. The monoisotopic (exact) mass is 427 g/mol. The Bertz CT molecular complexity index is 1330. The van der Waals surface area contributed by atoms with Crippen molar-refractivity contribution in [3.05, 3.63) is 71.5 Å². The van der Waals surface area contributed by atoms with Crippen molar-refractivity contribution in [3.8, 4) is 22.4 Å². The van der Waals surface area contributed by atoms with Crippen LogP contribution in [0.4, 0.5) is 15.8 Å². The van der Waals surface area contributed by atoms with Crippen LogP contribution in [0.3, 0.4) is 0 Å². The van der Waals surface area contributed by atoms with Crippen molar-refractivity contribution in [2.45, 2.75) is 27.2 Å². The second-order valence-electron chi connectivity index (χ2n) is 8.28. The van der Waals surface area contributed by atoms with E-state index in [2.05, 4.69) is 41.2 Å². The van der Waals surface area contributed by atoms with Crippen LogP contribution in [0.15, 0.2) is 54.6 Å². The molecule has 162 valence electrons. The molecule has 0 saturated heterocycles. The van der Waals surface area contributed by atoms with E-state index >= 15 is 4.39 Å². The molecule has 4 aromatic rings. The number of hydrogen-bond donors (Lipinski definition) is 2. The molecule has 3 aromatic carbocycles. The molecule has 0 unspecified atom stereocenters. The Balaban J connectivity index is 1.56. The predicted molar refractivity (Wildman–Crippen MR) is 130 cm³/mol. The Kier molecular flexibility index (Phi) is 4.97. The van der Waals surface area contributed by atoms with E-state index in [1.165, 1.54) is 6.92 Å². The van der Waals surface area contributed by atoms with Gasteiger partial charge in [0.15, 0.2) is 0 Å². The predicted octanol–water partition coefficient (Wildman–Crippen LogP) is 6.35. The van der Waals surface area contributed by atoms with Crippen LogP contribution >= 0.6 is 0 Å². The third kappa shape index (κ3) is 3.25. The SMILES string of the molecule is CCN(CC)c1ccc(-c2ccc3c(c2F)-c2[nH]c4ccc(NC(C)=O)cc4c2C3)cc1. The van der Waals surface area contributed by atoms with Crippen molar-refractivity contribution >= 4 is 28.2 Å². The summed E-state index contributed by atoms with van der Waals surface area (Å²) in [4.78, 5) is 17.1. The normalized spacial score (nSPS) is 12.0. The largest absolute Gasteiger partial charge is 0.372 e. The van der Waals surface area contributed by atoms with Crippen LogP contribution in [-0.2, 0) is 11.2 Å². The minimum atomic E-state index is -0.189. The lowest BCUT2D eigenvalue weighted by Gasteiger charge is -2.21. The third-order valence-electron chi connectivity index (χ3n) is 6.38. The molecule has 0 bridgehead atoms. The summed E-state index contributed by atoms with van der Waals surface area (Å²) >= 11 is 0. The molecule has 1 amide bonds. The summed E-state index contributed by atoms with van der Waals surface area (Å²) in [6, 6.07) is 17.8. The van der Waals surface area contributed by atoms with Crippen molar-refractivity contribution < 1.29 is 9.18 Å². The highest BCUT2D eigenvalue weighted by atomic mass is 19.1. The van der Waals surface area contributed by atoms with E-state index in [1.807, 2.05) is 42.5 Å². The molecule has 0 fully saturated rings. The summed E-state index contributed by atoms with van der Waals surface area (Å²) in [5, 5.41) is 3.85. The zero-order chi connectivity index (χ0) is 22.4. The van der Waals surface area contributed by atoms with Gasteiger partial charge in [-0.05, 0) is 60.9 Å². The number of amides is 1. The molecule has 1 aliphatic carbocycles. The number of halogens is 1. The van der Waals surface area contributed by atoms with E-state index in [1.54, 1.807) is 0 Å². The van der Waals surface area contributed by atoms with Crippen molar-refractivity contribution in [2.75, 3.05) is 23.3 Å². The number of anilines is 2. The first-order valence-corrected chi connectivity index (χ1v) is 11.1. The van der Waals surface area contributed by atoms with Crippen LogP contribution in [0, 0.1) is 5.82 Å². The van der Waals surface area contributed by atoms with Gasteiger partial charge in [0, 0.05) is 59.8 Å². The van der Waals surface area contributed by atoms with E-state index in [0.29, 0.717) is 17.5 Å². The lowest BCUT2D eigenvalue weighted by Crippen LogP contribution is -2.21. The molecular formula is C27H26FN3O. The second-order valence-corrected chi connectivity index (χ2v) is 8.28. The van der Waals surface area contributed by atoms with E-state index < -0.39 is 0 Å². The van der Waals surface area contributed by atoms with Gasteiger partial charge >= 0.3 is 0 Å². The van der Waals surface area contributed by atoms with E-state index in [4.69, 9.17) is 0 Å². The number of carbonyl (C=O) groups is 1. The number of carbonyl (C=O) groups excluding carboxylic acids is 1. The second kappa shape index (κ2) is 7.83. The number of hydrogen-bond acceptors (Lipinski definition) is 2. The molecule has 1 aliphatic rings. The Morgan fingerprint density at radius 3 is 2.50 bits per heavy atom. The van der Waals surface area contributed by atoms with E-state index in [9.17, 15) is 4.79 Å². The Morgan fingerprint density at radius 1 is 1.06 bits per heavy atom. The number of benzene rings is 3. The Hall–Kier alpha value is -3.60. The summed E-state index contributed by atoms with van der Waals surface area (Å²) < 4.78 is 15.8. The molecule has 2 N–H and O–H groups in total. The van der Waals surface area contributed by atoms with Crippen LogP contribution in [0.25, 0.3) is 33.3 Å². The summed E-state index contributed by atoms with van der Waals surface area (Å²) in [5.74, 6) is -0.298. The fraction of sp³-hybridized carbons (Fsp3) is 0.222. The van der Waals surface area contributed by atoms with Crippen molar-refractivity contribution in [1.82, 2.24) is 4.98 Å². The van der Waals surface area contributed by atoms with Crippen molar-refractivity contribution in [2.24, 2.45) is 0 Å².